The zero-order chi connectivity index (χ0) is 25.2. The fourth-order valence-electron chi connectivity index (χ4n) is 5.87. The highest BCUT2D eigenvalue weighted by molar-refractivity contribution is 6.72. The van der Waals surface area contributed by atoms with Crippen molar-refractivity contribution in [1.29, 1.82) is 0 Å². The van der Waals surface area contributed by atoms with Crippen molar-refractivity contribution in [3.63, 3.8) is 0 Å². The lowest BCUT2D eigenvalue weighted by molar-refractivity contribution is 0.0611. The Morgan fingerprint density at radius 3 is 1.06 bits per heavy atom. The molecule has 0 amide bonds. The molecule has 0 bridgehead atoms. The smallest absolute Gasteiger partial charge is 0.190 e. The van der Waals surface area contributed by atoms with Gasteiger partial charge in [-0.3, -0.25) is 0 Å². The van der Waals surface area contributed by atoms with Gasteiger partial charge in [0.15, 0.2) is 8.32 Å². The minimum Gasteiger partial charge on any atom is -0.417 e. The molecular weight excluding hydrogens is 422 g/mol. The Kier molecular flexibility index (Phi) is 19.3. The second-order valence-corrected chi connectivity index (χ2v) is 15.0. The maximum Gasteiger partial charge on any atom is 0.190 e. The van der Waals surface area contributed by atoms with Gasteiger partial charge >= 0.3 is 0 Å². The van der Waals surface area contributed by atoms with E-state index in [9.17, 15) is 0 Å². The van der Waals surface area contributed by atoms with Gasteiger partial charge in [0.1, 0.15) is 0 Å². The second-order valence-electron chi connectivity index (χ2n) is 10.7. The molecular formula is C28H63N3OSi. The summed E-state index contributed by atoms with van der Waals surface area (Å²) in [6.45, 7) is 33.0. The summed E-state index contributed by atoms with van der Waals surface area (Å²) in [6.07, 6.45) is 7.45. The van der Waals surface area contributed by atoms with Gasteiger partial charge in [-0.05, 0) is 103 Å². The maximum absolute atomic E-state index is 6.62. The predicted molar refractivity (Wildman–Crippen MR) is 152 cm³/mol. The average Bonchev–Trinajstić information content (AvgIpc) is 2.75. The molecule has 0 fully saturated rings. The highest BCUT2D eigenvalue weighted by atomic mass is 28.4. The van der Waals surface area contributed by atoms with Gasteiger partial charge < -0.3 is 19.1 Å². The minimum absolute atomic E-state index is 0.269. The number of hydrogen-bond donors (Lipinski definition) is 0. The molecule has 0 radical (unpaired) electrons. The highest BCUT2D eigenvalue weighted by Crippen LogP contribution is 2.36. The van der Waals surface area contributed by atoms with E-state index in [0.29, 0.717) is 0 Å². The third kappa shape index (κ3) is 13.7. The van der Waals surface area contributed by atoms with E-state index in [1.807, 2.05) is 0 Å². The van der Waals surface area contributed by atoms with Crippen LogP contribution >= 0.6 is 0 Å². The number of nitrogens with zero attached hydrogens (tertiary/aromatic N) is 3. The van der Waals surface area contributed by atoms with Gasteiger partial charge in [-0.2, -0.15) is 0 Å². The van der Waals surface area contributed by atoms with Crippen LogP contribution < -0.4 is 0 Å². The van der Waals surface area contributed by atoms with Gasteiger partial charge in [0, 0.05) is 31.7 Å². The van der Waals surface area contributed by atoms with Crippen LogP contribution in [0.15, 0.2) is 0 Å². The van der Waals surface area contributed by atoms with E-state index in [1.54, 1.807) is 0 Å². The zero-order valence-corrected chi connectivity index (χ0v) is 25.5. The number of hydrogen-bond acceptors (Lipinski definition) is 4. The van der Waals surface area contributed by atoms with Crippen LogP contribution in [0.3, 0.4) is 0 Å². The maximum atomic E-state index is 6.62. The minimum atomic E-state index is -1.78. The van der Waals surface area contributed by atoms with Crippen molar-refractivity contribution in [2.75, 3.05) is 65.5 Å². The van der Waals surface area contributed by atoms with Crippen LogP contribution in [-0.2, 0) is 4.43 Å². The Bertz CT molecular complexity index is 387. The first-order valence-electron chi connectivity index (χ1n) is 14.6. The highest BCUT2D eigenvalue weighted by Gasteiger charge is 2.43. The monoisotopic (exact) mass is 485 g/mol. The standard InChI is InChI=1S/C28H63N3OSi/c1-10-18-29(19-11-2)24-28(25-30(20-12-3)21-13-4,26-31(22-14-5)23-15-6)27-33(9,17-8)32-16-7/h10-27H2,1-9H3. The van der Waals surface area contributed by atoms with Crippen LogP contribution in [0.4, 0.5) is 0 Å². The summed E-state index contributed by atoms with van der Waals surface area (Å²) < 4.78 is 6.62. The Labute approximate surface area is 210 Å². The summed E-state index contributed by atoms with van der Waals surface area (Å²) in [6, 6.07) is 2.50. The van der Waals surface area contributed by atoms with Crippen LogP contribution in [0.5, 0.6) is 0 Å². The molecule has 0 aliphatic heterocycles. The summed E-state index contributed by atoms with van der Waals surface area (Å²) in [7, 11) is -1.78. The van der Waals surface area contributed by atoms with E-state index >= 15 is 0 Å². The van der Waals surface area contributed by atoms with Gasteiger partial charge in [-0.25, -0.2) is 0 Å². The molecule has 0 N–H and O–H groups in total. The Morgan fingerprint density at radius 1 is 0.545 bits per heavy atom. The summed E-state index contributed by atoms with van der Waals surface area (Å²) in [5, 5.41) is 0. The molecule has 33 heavy (non-hydrogen) atoms. The van der Waals surface area contributed by atoms with E-state index in [2.05, 4.69) is 76.6 Å². The largest absolute Gasteiger partial charge is 0.417 e. The Balaban J connectivity index is 6.39. The lowest BCUT2D eigenvalue weighted by Crippen LogP contribution is -2.56. The van der Waals surface area contributed by atoms with Crippen molar-refractivity contribution in [2.24, 2.45) is 5.41 Å². The summed E-state index contributed by atoms with van der Waals surface area (Å²) >= 11 is 0. The van der Waals surface area contributed by atoms with Crippen LogP contribution in [0.25, 0.3) is 0 Å². The van der Waals surface area contributed by atoms with Crippen molar-refractivity contribution in [1.82, 2.24) is 14.7 Å². The van der Waals surface area contributed by atoms with Crippen molar-refractivity contribution in [3.8, 4) is 0 Å². The first-order chi connectivity index (χ1) is 15.8. The van der Waals surface area contributed by atoms with Crippen molar-refractivity contribution >= 4 is 8.32 Å². The molecule has 5 heteroatoms. The molecule has 0 saturated carbocycles. The summed E-state index contributed by atoms with van der Waals surface area (Å²) in [5.74, 6) is 0. The van der Waals surface area contributed by atoms with Crippen molar-refractivity contribution in [3.05, 3.63) is 0 Å². The quantitative estimate of drug-likeness (QED) is 0.145. The topological polar surface area (TPSA) is 19.0 Å². The average molecular weight is 486 g/mol. The van der Waals surface area contributed by atoms with Crippen molar-refractivity contribution < 1.29 is 4.43 Å². The first kappa shape index (κ1) is 33.1. The normalized spacial score (nSPS) is 14.5. The molecule has 0 aromatic heterocycles. The third-order valence-electron chi connectivity index (χ3n) is 6.91. The lowest BCUT2D eigenvalue weighted by Gasteiger charge is -2.48. The van der Waals surface area contributed by atoms with Crippen LogP contribution in [-0.4, -0.2) is 88.5 Å². The van der Waals surface area contributed by atoms with Crippen molar-refractivity contribution in [2.45, 2.75) is 113 Å². The molecule has 0 aliphatic carbocycles. The SMILES string of the molecule is CCCN(CCC)CC(CN(CCC)CCC)(CN(CCC)CCC)C[Si](C)(CC)OCC. The van der Waals surface area contributed by atoms with E-state index in [0.717, 1.165) is 6.61 Å². The predicted octanol–water partition coefficient (Wildman–Crippen LogP) is 6.97. The zero-order valence-electron chi connectivity index (χ0n) is 24.5. The Morgan fingerprint density at radius 2 is 0.848 bits per heavy atom. The molecule has 0 aromatic carbocycles. The third-order valence-corrected chi connectivity index (χ3v) is 10.9. The molecule has 0 rings (SSSR count). The summed E-state index contributed by atoms with van der Waals surface area (Å²) in [4.78, 5) is 8.38. The molecule has 1 unspecified atom stereocenters. The Hall–Kier alpha value is 0.0569. The molecule has 1 atom stereocenters. The fourth-order valence-corrected chi connectivity index (χ4v) is 9.04. The van der Waals surface area contributed by atoms with Gasteiger partial charge in [0.2, 0.25) is 0 Å². The van der Waals surface area contributed by atoms with Crippen LogP contribution in [0.1, 0.15) is 93.9 Å². The number of rotatable bonds is 23. The fraction of sp³-hybridized carbons (Fsp3) is 1.00. The van der Waals surface area contributed by atoms with Gasteiger partial charge in [-0.1, -0.05) is 48.5 Å². The molecule has 0 saturated heterocycles. The van der Waals surface area contributed by atoms with E-state index < -0.39 is 8.32 Å². The van der Waals surface area contributed by atoms with Crippen LogP contribution in [0.2, 0.25) is 18.6 Å². The van der Waals surface area contributed by atoms with Gasteiger partial charge in [-0.15, -0.1) is 0 Å². The van der Waals surface area contributed by atoms with E-state index in [-0.39, 0.29) is 5.41 Å². The van der Waals surface area contributed by atoms with E-state index in [4.69, 9.17) is 4.43 Å². The second kappa shape index (κ2) is 19.3. The van der Waals surface area contributed by atoms with Gasteiger partial charge in [0.05, 0.1) is 0 Å². The van der Waals surface area contributed by atoms with Gasteiger partial charge in [0.25, 0.3) is 0 Å². The molecule has 0 aromatic rings. The molecule has 200 valence electrons. The molecule has 0 spiro atoms. The lowest BCUT2D eigenvalue weighted by atomic mass is 9.87. The molecule has 0 heterocycles. The van der Waals surface area contributed by atoms with E-state index in [1.165, 1.54) is 110 Å². The molecule has 4 nitrogen and oxygen atoms in total. The summed E-state index contributed by atoms with van der Waals surface area (Å²) in [5.41, 5.74) is 0.269. The first-order valence-corrected chi connectivity index (χ1v) is 17.4. The van der Waals surface area contributed by atoms with Crippen LogP contribution in [0, 0.1) is 5.41 Å². The molecule has 0 aliphatic rings.